The third kappa shape index (κ3) is 3.06. The van der Waals surface area contributed by atoms with Crippen LogP contribution < -0.4 is 5.32 Å². The second-order valence-electron chi connectivity index (χ2n) is 7.15. The fraction of sp³-hybridized carbons (Fsp3) is 0.688. The summed E-state index contributed by atoms with van der Waals surface area (Å²) in [6, 6.07) is 0.0499. The highest BCUT2D eigenvalue weighted by Gasteiger charge is 2.25. The number of aryl methyl sites for hydroxylation is 1. The van der Waals surface area contributed by atoms with Crippen molar-refractivity contribution in [2.75, 3.05) is 6.54 Å². The van der Waals surface area contributed by atoms with Crippen LogP contribution in [0, 0.1) is 0 Å². The molecule has 2 aromatic heterocycles. The fourth-order valence-corrected chi connectivity index (χ4v) is 2.82. The van der Waals surface area contributed by atoms with Crippen molar-refractivity contribution in [2.24, 2.45) is 0 Å². The van der Waals surface area contributed by atoms with Crippen LogP contribution in [0.5, 0.6) is 0 Å². The molecule has 1 N–H and O–H groups in total. The Morgan fingerprint density at radius 3 is 3.00 bits per heavy atom. The maximum absolute atomic E-state index is 5.40. The molecule has 6 nitrogen and oxygen atoms in total. The van der Waals surface area contributed by atoms with Gasteiger partial charge >= 0.3 is 0 Å². The van der Waals surface area contributed by atoms with E-state index in [-0.39, 0.29) is 11.5 Å². The van der Waals surface area contributed by atoms with Crippen LogP contribution >= 0.6 is 0 Å². The number of aromatic nitrogens is 4. The maximum Gasteiger partial charge on any atom is 0.243 e. The molecule has 0 aliphatic carbocycles. The Bertz CT molecular complexity index is 625. The minimum Gasteiger partial charge on any atom is -0.338 e. The molecule has 0 radical (unpaired) electrons. The second kappa shape index (κ2) is 5.83. The lowest BCUT2D eigenvalue weighted by atomic mass is 9.96. The van der Waals surface area contributed by atoms with Crippen molar-refractivity contribution >= 4 is 0 Å². The molecule has 120 valence electrons. The van der Waals surface area contributed by atoms with E-state index >= 15 is 0 Å². The Morgan fingerprint density at radius 1 is 1.45 bits per heavy atom. The average Bonchev–Trinajstić information content (AvgIpc) is 3.12. The fourth-order valence-electron chi connectivity index (χ4n) is 2.82. The molecule has 0 saturated carbocycles. The summed E-state index contributed by atoms with van der Waals surface area (Å²) in [7, 11) is 0. The minimum atomic E-state index is -0.0877. The van der Waals surface area contributed by atoms with Crippen LogP contribution in [0.15, 0.2) is 16.9 Å². The van der Waals surface area contributed by atoms with Gasteiger partial charge in [0.05, 0.1) is 6.04 Å². The van der Waals surface area contributed by atoms with Gasteiger partial charge in [0.15, 0.2) is 5.82 Å². The van der Waals surface area contributed by atoms with E-state index in [1.165, 1.54) is 18.7 Å². The van der Waals surface area contributed by atoms with Gasteiger partial charge in [0, 0.05) is 36.8 Å². The van der Waals surface area contributed by atoms with Crippen molar-refractivity contribution in [1.82, 2.24) is 25.0 Å². The Labute approximate surface area is 131 Å². The third-order valence-electron chi connectivity index (χ3n) is 4.22. The van der Waals surface area contributed by atoms with Crippen LogP contribution in [0.1, 0.15) is 70.0 Å². The van der Waals surface area contributed by atoms with Gasteiger partial charge in [-0.25, -0.2) is 4.98 Å². The van der Waals surface area contributed by atoms with Crippen molar-refractivity contribution in [1.29, 1.82) is 0 Å². The number of fused-ring (bicyclic) bond motifs is 1. The molecule has 22 heavy (non-hydrogen) atoms. The van der Waals surface area contributed by atoms with E-state index in [9.17, 15) is 0 Å². The van der Waals surface area contributed by atoms with Crippen LogP contribution in [0.3, 0.4) is 0 Å². The summed E-state index contributed by atoms with van der Waals surface area (Å²) in [6.07, 6.45) is 6.34. The first-order valence-corrected chi connectivity index (χ1v) is 8.03. The monoisotopic (exact) mass is 303 g/mol. The molecule has 3 heterocycles. The summed E-state index contributed by atoms with van der Waals surface area (Å²) in [5.41, 5.74) is -0.0877. The first-order valence-electron chi connectivity index (χ1n) is 8.03. The molecule has 0 spiro atoms. The van der Waals surface area contributed by atoms with Crippen molar-refractivity contribution in [2.45, 2.75) is 64.5 Å². The molecule has 2 aromatic rings. The van der Waals surface area contributed by atoms with Crippen molar-refractivity contribution in [3.05, 3.63) is 29.9 Å². The Morgan fingerprint density at radius 2 is 2.27 bits per heavy atom. The molecular formula is C16H25N5O. The van der Waals surface area contributed by atoms with Gasteiger partial charge in [-0.3, -0.25) is 0 Å². The first kappa shape index (κ1) is 15.2. The van der Waals surface area contributed by atoms with E-state index in [0.29, 0.717) is 11.8 Å². The molecule has 2 atom stereocenters. The molecule has 1 aliphatic rings. The van der Waals surface area contributed by atoms with Crippen LogP contribution in [0.4, 0.5) is 0 Å². The Kier molecular flexibility index (Phi) is 4.04. The number of nitrogens with one attached hydrogen (secondary N) is 1. The molecule has 0 unspecified atom stereocenters. The highest BCUT2D eigenvalue weighted by atomic mass is 16.5. The standard InChI is InChI=1S/C16H25N5O/c1-11(14-19-15(20-22-14)16(2,3)4)18-10-12-6-5-8-21-9-7-17-13(12)21/h7,9,11-12,18H,5-6,8,10H2,1-4H3/t11-,12-/m0/s1. The lowest BCUT2D eigenvalue weighted by Crippen LogP contribution is -2.29. The minimum absolute atomic E-state index is 0.0499. The van der Waals surface area contributed by atoms with Gasteiger partial charge in [0.1, 0.15) is 5.82 Å². The van der Waals surface area contributed by atoms with Crippen LogP contribution in [0.25, 0.3) is 0 Å². The summed E-state index contributed by atoms with van der Waals surface area (Å²) in [6.45, 7) is 10.3. The van der Waals surface area contributed by atoms with Gasteiger partial charge in [-0.05, 0) is 19.8 Å². The maximum atomic E-state index is 5.40. The van der Waals surface area contributed by atoms with Crippen molar-refractivity contribution < 1.29 is 4.52 Å². The van der Waals surface area contributed by atoms with Gasteiger partial charge in [-0.1, -0.05) is 25.9 Å². The zero-order valence-corrected chi connectivity index (χ0v) is 13.8. The van der Waals surface area contributed by atoms with Gasteiger partial charge in [0.2, 0.25) is 5.89 Å². The molecule has 0 aromatic carbocycles. The molecule has 6 heteroatoms. The summed E-state index contributed by atoms with van der Waals surface area (Å²) in [4.78, 5) is 9.02. The smallest absolute Gasteiger partial charge is 0.243 e. The number of nitrogens with zero attached hydrogens (tertiary/aromatic N) is 4. The average molecular weight is 303 g/mol. The third-order valence-corrected chi connectivity index (χ3v) is 4.22. The van der Waals surface area contributed by atoms with Gasteiger partial charge in [-0.15, -0.1) is 0 Å². The topological polar surface area (TPSA) is 68.8 Å². The zero-order valence-electron chi connectivity index (χ0n) is 13.8. The van der Waals surface area contributed by atoms with Crippen molar-refractivity contribution in [3.63, 3.8) is 0 Å². The van der Waals surface area contributed by atoms with E-state index in [2.05, 4.69) is 58.9 Å². The molecule has 0 bridgehead atoms. The predicted octanol–water partition coefficient (Wildman–Crippen LogP) is 2.79. The van der Waals surface area contributed by atoms with Gasteiger partial charge in [-0.2, -0.15) is 4.98 Å². The van der Waals surface area contributed by atoms with Crippen molar-refractivity contribution in [3.8, 4) is 0 Å². The van der Waals surface area contributed by atoms with E-state index in [0.717, 1.165) is 18.9 Å². The second-order valence-corrected chi connectivity index (χ2v) is 7.15. The lowest BCUT2D eigenvalue weighted by Gasteiger charge is -2.24. The molecule has 0 fully saturated rings. The lowest BCUT2D eigenvalue weighted by molar-refractivity contribution is 0.322. The summed E-state index contributed by atoms with van der Waals surface area (Å²) in [5, 5.41) is 7.60. The van der Waals surface area contributed by atoms with Gasteiger partial charge in [0.25, 0.3) is 0 Å². The zero-order chi connectivity index (χ0) is 15.7. The van der Waals surface area contributed by atoms with E-state index < -0.39 is 0 Å². The van der Waals surface area contributed by atoms with E-state index in [4.69, 9.17) is 4.52 Å². The SMILES string of the molecule is C[C@H](NC[C@@H]1CCCn2ccnc21)c1nc(C(C)(C)C)no1. The normalized spacial score (nSPS) is 19.9. The number of imidazole rings is 1. The molecule has 3 rings (SSSR count). The summed E-state index contributed by atoms with van der Waals surface area (Å²) in [5.74, 6) is 3.05. The number of hydrogen-bond acceptors (Lipinski definition) is 5. The van der Waals surface area contributed by atoms with Crippen LogP contribution in [0.2, 0.25) is 0 Å². The molecule has 1 aliphatic heterocycles. The Hall–Kier alpha value is -1.69. The quantitative estimate of drug-likeness (QED) is 0.940. The van der Waals surface area contributed by atoms with Crippen LogP contribution in [-0.2, 0) is 12.0 Å². The largest absolute Gasteiger partial charge is 0.338 e. The van der Waals surface area contributed by atoms with E-state index in [1.807, 2.05) is 6.20 Å². The molecule has 0 saturated heterocycles. The molecular weight excluding hydrogens is 278 g/mol. The highest BCUT2D eigenvalue weighted by molar-refractivity contribution is 5.05. The number of hydrogen-bond donors (Lipinski definition) is 1. The first-order chi connectivity index (χ1) is 10.4. The predicted molar refractivity (Wildman–Crippen MR) is 83.6 cm³/mol. The van der Waals surface area contributed by atoms with Gasteiger partial charge < -0.3 is 14.4 Å². The van der Waals surface area contributed by atoms with Crippen LogP contribution in [-0.4, -0.2) is 26.2 Å². The number of rotatable bonds is 4. The summed E-state index contributed by atoms with van der Waals surface area (Å²) < 4.78 is 7.66. The van der Waals surface area contributed by atoms with E-state index in [1.54, 1.807) is 0 Å². The summed E-state index contributed by atoms with van der Waals surface area (Å²) >= 11 is 0. The molecule has 0 amide bonds. The Balaban J connectivity index is 1.62. The highest BCUT2D eigenvalue weighted by Crippen LogP contribution is 2.26.